The van der Waals surface area contributed by atoms with Crippen LogP contribution < -0.4 is 5.32 Å². The Morgan fingerprint density at radius 2 is 2.06 bits per heavy atom. The van der Waals surface area contributed by atoms with Crippen LogP contribution in [-0.4, -0.2) is 20.2 Å². The monoisotopic (exact) mass is 297 g/mol. The quantitative estimate of drug-likeness (QED) is 0.922. The predicted octanol–water partition coefficient (Wildman–Crippen LogP) is 3.14. The van der Waals surface area contributed by atoms with Crippen molar-refractivity contribution in [3.05, 3.63) is 33.8 Å². The third kappa shape index (κ3) is 3.80. The third-order valence-electron chi connectivity index (χ3n) is 3.44. The van der Waals surface area contributed by atoms with Crippen LogP contribution in [0.15, 0.2) is 22.7 Å². The summed E-state index contributed by atoms with van der Waals surface area (Å²) in [4.78, 5) is 0. The lowest BCUT2D eigenvalue weighted by atomic mass is 9.89. The molecule has 3 heteroatoms. The molecule has 2 rings (SSSR count). The fraction of sp³-hybridized carbons (Fsp3) is 0.571. The zero-order chi connectivity index (χ0) is 12.1. The Kier molecular flexibility index (Phi) is 5.01. The highest BCUT2D eigenvalue weighted by Crippen LogP contribution is 2.23. The van der Waals surface area contributed by atoms with Gasteiger partial charge in [-0.3, -0.25) is 0 Å². The Morgan fingerprint density at radius 3 is 2.76 bits per heavy atom. The van der Waals surface area contributed by atoms with Gasteiger partial charge in [0.2, 0.25) is 0 Å². The van der Waals surface area contributed by atoms with Gasteiger partial charge in [-0.25, -0.2) is 0 Å². The normalized spacial score (nSPS) is 17.3. The molecule has 0 saturated carbocycles. The zero-order valence-corrected chi connectivity index (χ0v) is 11.9. The molecule has 0 unspecified atom stereocenters. The maximum absolute atomic E-state index is 5.28. The number of benzene rings is 1. The van der Waals surface area contributed by atoms with Gasteiger partial charge < -0.3 is 10.1 Å². The van der Waals surface area contributed by atoms with E-state index in [0.29, 0.717) is 6.61 Å². The van der Waals surface area contributed by atoms with Crippen molar-refractivity contribution in [2.24, 2.45) is 5.92 Å². The lowest BCUT2D eigenvalue weighted by Gasteiger charge is -2.23. The number of methoxy groups -OCH3 is 1. The van der Waals surface area contributed by atoms with Gasteiger partial charge in [-0.2, -0.15) is 0 Å². The highest BCUT2D eigenvalue weighted by atomic mass is 79.9. The predicted molar refractivity (Wildman–Crippen MR) is 74.2 cm³/mol. The van der Waals surface area contributed by atoms with Crippen LogP contribution in [0.3, 0.4) is 0 Å². The lowest BCUT2D eigenvalue weighted by Crippen LogP contribution is -2.28. The van der Waals surface area contributed by atoms with Crippen molar-refractivity contribution in [1.29, 1.82) is 0 Å². The first kappa shape index (κ1) is 13.1. The summed E-state index contributed by atoms with van der Waals surface area (Å²) in [6.07, 6.45) is 3.78. The van der Waals surface area contributed by atoms with Crippen molar-refractivity contribution in [3.63, 3.8) is 0 Å². The molecule has 0 spiro atoms. The van der Waals surface area contributed by atoms with Crippen molar-refractivity contribution in [3.8, 4) is 0 Å². The van der Waals surface area contributed by atoms with Gasteiger partial charge in [-0.05, 0) is 61.5 Å². The molecular weight excluding hydrogens is 278 g/mol. The molecule has 1 aliphatic rings. The number of hydrogen-bond donors (Lipinski definition) is 1. The first-order chi connectivity index (χ1) is 8.29. The van der Waals surface area contributed by atoms with E-state index in [9.17, 15) is 0 Å². The molecule has 1 saturated heterocycles. The topological polar surface area (TPSA) is 21.3 Å². The summed E-state index contributed by atoms with van der Waals surface area (Å²) in [6.45, 7) is 3.04. The summed E-state index contributed by atoms with van der Waals surface area (Å²) >= 11 is 3.53. The Bertz CT molecular complexity index is 361. The number of halogens is 1. The van der Waals surface area contributed by atoms with Crippen molar-refractivity contribution in [2.45, 2.75) is 25.9 Å². The molecule has 0 bridgehead atoms. The minimum absolute atomic E-state index is 0.708. The number of hydrogen-bond acceptors (Lipinski definition) is 2. The van der Waals surface area contributed by atoms with E-state index in [-0.39, 0.29) is 0 Å². The molecule has 1 heterocycles. The fourth-order valence-corrected chi connectivity index (χ4v) is 2.89. The Labute approximate surface area is 112 Å². The second kappa shape index (κ2) is 6.53. The van der Waals surface area contributed by atoms with Crippen molar-refractivity contribution < 1.29 is 4.74 Å². The van der Waals surface area contributed by atoms with Gasteiger partial charge in [-0.15, -0.1) is 0 Å². The number of nitrogens with one attached hydrogen (secondary N) is 1. The molecule has 17 heavy (non-hydrogen) atoms. The molecule has 1 N–H and O–H groups in total. The maximum Gasteiger partial charge on any atom is 0.0716 e. The summed E-state index contributed by atoms with van der Waals surface area (Å²) in [5.41, 5.74) is 2.77. The van der Waals surface area contributed by atoms with Crippen molar-refractivity contribution in [2.75, 3.05) is 20.2 Å². The first-order valence-electron chi connectivity index (χ1n) is 6.26. The summed E-state index contributed by atoms with van der Waals surface area (Å²) in [7, 11) is 1.76. The van der Waals surface area contributed by atoms with Gasteiger partial charge in [0, 0.05) is 11.6 Å². The molecule has 2 nitrogen and oxygen atoms in total. The standard InChI is InChI=1S/C14H20BrNO/c1-17-10-13-9-14(15)3-2-12(13)8-11-4-6-16-7-5-11/h2-3,9,11,16H,4-8,10H2,1H3. The Balaban J connectivity index is 2.07. The van der Waals surface area contributed by atoms with Gasteiger partial charge in [0.15, 0.2) is 0 Å². The van der Waals surface area contributed by atoms with E-state index in [1.807, 2.05) is 0 Å². The highest BCUT2D eigenvalue weighted by Gasteiger charge is 2.15. The molecule has 0 amide bonds. The van der Waals surface area contributed by atoms with E-state index in [1.165, 1.54) is 43.5 Å². The van der Waals surface area contributed by atoms with Crippen LogP contribution in [0.5, 0.6) is 0 Å². The average Bonchev–Trinajstić information content (AvgIpc) is 2.34. The maximum atomic E-state index is 5.28. The molecule has 94 valence electrons. The lowest BCUT2D eigenvalue weighted by molar-refractivity contribution is 0.183. The van der Waals surface area contributed by atoms with E-state index in [4.69, 9.17) is 4.74 Å². The molecule has 1 aromatic rings. The molecule has 0 aliphatic carbocycles. The number of rotatable bonds is 4. The van der Waals surface area contributed by atoms with Gasteiger partial charge in [-0.1, -0.05) is 22.0 Å². The van der Waals surface area contributed by atoms with Crippen LogP contribution in [0.2, 0.25) is 0 Å². The second-order valence-corrected chi connectivity index (χ2v) is 5.66. The van der Waals surface area contributed by atoms with Gasteiger partial charge in [0.25, 0.3) is 0 Å². The molecule has 1 fully saturated rings. The first-order valence-corrected chi connectivity index (χ1v) is 7.06. The molecule has 0 radical (unpaired) electrons. The largest absolute Gasteiger partial charge is 0.380 e. The van der Waals surface area contributed by atoms with Crippen LogP contribution in [0.1, 0.15) is 24.0 Å². The van der Waals surface area contributed by atoms with Crippen molar-refractivity contribution >= 4 is 15.9 Å². The van der Waals surface area contributed by atoms with Gasteiger partial charge >= 0.3 is 0 Å². The van der Waals surface area contributed by atoms with Crippen LogP contribution >= 0.6 is 15.9 Å². The summed E-state index contributed by atoms with van der Waals surface area (Å²) in [5.74, 6) is 0.827. The van der Waals surface area contributed by atoms with Crippen LogP contribution in [0.25, 0.3) is 0 Å². The second-order valence-electron chi connectivity index (χ2n) is 4.74. The molecule has 1 aromatic carbocycles. The fourth-order valence-electron chi connectivity index (χ4n) is 2.48. The molecule has 1 aliphatic heterocycles. The van der Waals surface area contributed by atoms with Gasteiger partial charge in [0.1, 0.15) is 0 Å². The van der Waals surface area contributed by atoms with E-state index in [2.05, 4.69) is 39.4 Å². The Morgan fingerprint density at radius 1 is 1.29 bits per heavy atom. The van der Waals surface area contributed by atoms with Gasteiger partial charge in [0.05, 0.1) is 6.61 Å². The van der Waals surface area contributed by atoms with Crippen LogP contribution in [-0.2, 0) is 17.8 Å². The van der Waals surface area contributed by atoms with E-state index in [1.54, 1.807) is 7.11 Å². The zero-order valence-electron chi connectivity index (χ0n) is 10.3. The number of piperidine rings is 1. The van der Waals surface area contributed by atoms with Crippen LogP contribution in [0, 0.1) is 5.92 Å². The van der Waals surface area contributed by atoms with Crippen molar-refractivity contribution in [1.82, 2.24) is 5.32 Å². The van der Waals surface area contributed by atoms with E-state index < -0.39 is 0 Å². The average molecular weight is 298 g/mol. The highest BCUT2D eigenvalue weighted by molar-refractivity contribution is 9.10. The Hall–Kier alpha value is -0.380. The SMILES string of the molecule is COCc1cc(Br)ccc1CC1CCNCC1. The van der Waals surface area contributed by atoms with E-state index in [0.717, 1.165) is 10.4 Å². The molecule has 0 atom stereocenters. The molecular formula is C14H20BrNO. The smallest absolute Gasteiger partial charge is 0.0716 e. The molecule has 0 aromatic heterocycles. The summed E-state index contributed by atoms with van der Waals surface area (Å²) in [5, 5.41) is 3.42. The minimum Gasteiger partial charge on any atom is -0.380 e. The van der Waals surface area contributed by atoms with E-state index >= 15 is 0 Å². The summed E-state index contributed by atoms with van der Waals surface area (Å²) in [6, 6.07) is 6.55. The van der Waals surface area contributed by atoms with Crippen LogP contribution in [0.4, 0.5) is 0 Å². The number of ether oxygens (including phenoxy) is 1. The summed E-state index contributed by atoms with van der Waals surface area (Å²) < 4.78 is 6.42. The third-order valence-corrected chi connectivity index (χ3v) is 3.93. The minimum atomic E-state index is 0.708.